The van der Waals surface area contributed by atoms with Crippen molar-refractivity contribution in [3.8, 4) is 0 Å². The minimum Gasteiger partial charge on any atom is -0.355 e. The Hall–Kier alpha value is -1.31. The predicted molar refractivity (Wildman–Crippen MR) is 83.2 cm³/mol. The van der Waals surface area contributed by atoms with Crippen LogP contribution in [0.25, 0.3) is 0 Å². The molecule has 114 valence electrons. The maximum atomic E-state index is 11.8. The van der Waals surface area contributed by atoms with Crippen LogP contribution in [0.1, 0.15) is 24.3 Å². The second-order valence-electron chi connectivity index (χ2n) is 3.98. The van der Waals surface area contributed by atoms with Gasteiger partial charge in [-0.2, -0.15) is 0 Å². The zero-order chi connectivity index (χ0) is 14.1. The third-order valence-electron chi connectivity index (χ3n) is 2.47. The minimum absolute atomic E-state index is 0. The van der Waals surface area contributed by atoms with Gasteiger partial charge in [-0.15, -0.1) is 23.7 Å². The number of nitrogens with one attached hydrogen (secondary N) is 3. The molecular formula is C12H21ClN4O2S. The average molecular weight is 321 g/mol. The van der Waals surface area contributed by atoms with Crippen molar-refractivity contribution in [2.45, 2.75) is 19.4 Å². The number of carbonyl (C=O) groups excluding carboxylic acids is 2. The van der Waals surface area contributed by atoms with E-state index in [0.29, 0.717) is 6.54 Å². The SMILES string of the molecule is CCNCCNC(=O)CC(NC(N)=O)c1cccs1.Cl. The lowest BCUT2D eigenvalue weighted by atomic mass is 10.1. The molecule has 1 unspecified atom stereocenters. The van der Waals surface area contributed by atoms with Gasteiger partial charge >= 0.3 is 6.03 Å². The number of nitrogens with two attached hydrogens (primary N) is 1. The Morgan fingerprint density at radius 3 is 2.70 bits per heavy atom. The summed E-state index contributed by atoms with van der Waals surface area (Å²) in [5, 5.41) is 10.4. The molecular weight excluding hydrogens is 300 g/mol. The Labute approximate surface area is 128 Å². The van der Waals surface area contributed by atoms with Crippen molar-refractivity contribution in [1.29, 1.82) is 0 Å². The zero-order valence-corrected chi connectivity index (χ0v) is 13.0. The summed E-state index contributed by atoms with van der Waals surface area (Å²) < 4.78 is 0. The molecule has 6 nitrogen and oxygen atoms in total. The van der Waals surface area contributed by atoms with Crippen molar-refractivity contribution in [2.75, 3.05) is 19.6 Å². The number of primary amides is 1. The molecule has 0 aliphatic carbocycles. The Kier molecular flexibility index (Phi) is 9.79. The first-order valence-corrected chi connectivity index (χ1v) is 7.08. The van der Waals surface area contributed by atoms with Crippen LogP contribution >= 0.6 is 23.7 Å². The highest BCUT2D eigenvalue weighted by atomic mass is 35.5. The summed E-state index contributed by atoms with van der Waals surface area (Å²) >= 11 is 1.48. The Bertz CT molecular complexity index is 400. The maximum Gasteiger partial charge on any atom is 0.312 e. The number of hydrogen-bond donors (Lipinski definition) is 4. The van der Waals surface area contributed by atoms with Crippen molar-refractivity contribution in [3.05, 3.63) is 22.4 Å². The lowest BCUT2D eigenvalue weighted by molar-refractivity contribution is -0.121. The van der Waals surface area contributed by atoms with E-state index in [2.05, 4.69) is 16.0 Å². The van der Waals surface area contributed by atoms with Gasteiger partial charge < -0.3 is 21.7 Å². The van der Waals surface area contributed by atoms with Crippen molar-refractivity contribution >= 4 is 35.7 Å². The van der Waals surface area contributed by atoms with Gasteiger partial charge in [0.15, 0.2) is 0 Å². The Balaban J connectivity index is 0.00000361. The summed E-state index contributed by atoms with van der Waals surface area (Å²) in [4.78, 5) is 23.6. The number of likely N-dealkylation sites (N-methyl/N-ethyl adjacent to an activating group) is 1. The van der Waals surface area contributed by atoms with E-state index in [9.17, 15) is 9.59 Å². The molecule has 1 atom stereocenters. The second kappa shape index (κ2) is 10.5. The monoisotopic (exact) mass is 320 g/mol. The summed E-state index contributed by atoms with van der Waals surface area (Å²) in [5.41, 5.74) is 5.13. The van der Waals surface area contributed by atoms with Crippen molar-refractivity contribution < 1.29 is 9.59 Å². The van der Waals surface area contributed by atoms with Gasteiger partial charge in [0.2, 0.25) is 5.91 Å². The smallest absolute Gasteiger partial charge is 0.312 e. The lowest BCUT2D eigenvalue weighted by Crippen LogP contribution is -2.37. The molecule has 0 spiro atoms. The molecule has 0 aromatic carbocycles. The standard InChI is InChI=1S/C12H20N4O2S.ClH/c1-2-14-5-6-15-11(17)8-9(16-12(13)18)10-4-3-7-19-10;/h3-4,7,9,14H,2,5-6,8H2,1H3,(H,15,17)(H3,13,16,18);1H. The van der Waals surface area contributed by atoms with E-state index in [4.69, 9.17) is 5.73 Å². The zero-order valence-electron chi connectivity index (χ0n) is 11.3. The molecule has 0 radical (unpaired) electrons. The molecule has 1 aromatic heterocycles. The fourth-order valence-corrected chi connectivity index (χ4v) is 2.39. The Morgan fingerprint density at radius 1 is 1.40 bits per heavy atom. The molecule has 0 aliphatic rings. The van der Waals surface area contributed by atoms with Crippen LogP contribution in [-0.4, -0.2) is 31.6 Å². The number of hydrogen-bond acceptors (Lipinski definition) is 4. The third kappa shape index (κ3) is 7.32. The molecule has 1 aromatic rings. The first-order chi connectivity index (χ1) is 9.13. The Morgan fingerprint density at radius 2 is 2.15 bits per heavy atom. The van der Waals surface area contributed by atoms with Gasteiger partial charge in [0.1, 0.15) is 0 Å². The summed E-state index contributed by atoms with van der Waals surface area (Å²) in [6, 6.07) is 2.76. The van der Waals surface area contributed by atoms with Crippen LogP contribution in [0.5, 0.6) is 0 Å². The van der Waals surface area contributed by atoms with E-state index in [1.165, 1.54) is 11.3 Å². The molecule has 20 heavy (non-hydrogen) atoms. The van der Waals surface area contributed by atoms with E-state index < -0.39 is 6.03 Å². The molecule has 1 rings (SSSR count). The maximum absolute atomic E-state index is 11.8. The van der Waals surface area contributed by atoms with Gasteiger partial charge in [-0.3, -0.25) is 4.79 Å². The van der Waals surface area contributed by atoms with E-state index in [1.54, 1.807) is 0 Å². The molecule has 0 aliphatic heterocycles. The molecule has 1 heterocycles. The largest absolute Gasteiger partial charge is 0.355 e. The van der Waals surface area contributed by atoms with Crippen LogP contribution in [0, 0.1) is 0 Å². The molecule has 0 bridgehead atoms. The molecule has 0 saturated heterocycles. The van der Waals surface area contributed by atoms with Crippen LogP contribution in [-0.2, 0) is 4.79 Å². The summed E-state index contributed by atoms with van der Waals surface area (Å²) in [6.45, 7) is 4.18. The van der Waals surface area contributed by atoms with Gasteiger partial charge in [0.25, 0.3) is 0 Å². The third-order valence-corrected chi connectivity index (χ3v) is 3.45. The molecule has 0 fully saturated rings. The topological polar surface area (TPSA) is 96.2 Å². The average Bonchev–Trinajstić information content (AvgIpc) is 2.87. The summed E-state index contributed by atoms with van der Waals surface area (Å²) in [5.74, 6) is -0.106. The van der Waals surface area contributed by atoms with Crippen molar-refractivity contribution in [1.82, 2.24) is 16.0 Å². The highest BCUT2D eigenvalue weighted by molar-refractivity contribution is 7.10. The fourth-order valence-electron chi connectivity index (χ4n) is 1.61. The summed E-state index contributed by atoms with van der Waals surface area (Å²) in [6.07, 6.45) is 0.190. The number of halogens is 1. The number of amides is 3. The van der Waals surface area contributed by atoms with E-state index >= 15 is 0 Å². The first-order valence-electron chi connectivity index (χ1n) is 6.20. The van der Waals surface area contributed by atoms with E-state index in [1.807, 2.05) is 24.4 Å². The fraction of sp³-hybridized carbons (Fsp3) is 0.500. The lowest BCUT2D eigenvalue weighted by Gasteiger charge is -2.15. The molecule has 0 saturated carbocycles. The van der Waals surface area contributed by atoms with Crippen molar-refractivity contribution in [2.24, 2.45) is 5.73 Å². The number of thiophene rings is 1. The minimum atomic E-state index is -0.626. The molecule has 5 N–H and O–H groups in total. The van der Waals surface area contributed by atoms with Gasteiger partial charge in [-0.25, -0.2) is 4.79 Å². The van der Waals surface area contributed by atoms with Gasteiger partial charge in [0.05, 0.1) is 12.5 Å². The first kappa shape index (κ1) is 18.7. The van der Waals surface area contributed by atoms with Crippen molar-refractivity contribution in [3.63, 3.8) is 0 Å². The number of carbonyl (C=O) groups is 2. The molecule has 8 heteroatoms. The number of rotatable bonds is 8. The predicted octanol–water partition coefficient (Wildman–Crippen LogP) is 0.995. The van der Waals surface area contributed by atoms with Crippen LogP contribution in [0.3, 0.4) is 0 Å². The van der Waals surface area contributed by atoms with Gasteiger partial charge in [-0.1, -0.05) is 13.0 Å². The van der Waals surface area contributed by atoms with E-state index in [-0.39, 0.29) is 30.8 Å². The van der Waals surface area contributed by atoms with Crippen LogP contribution in [0.15, 0.2) is 17.5 Å². The van der Waals surface area contributed by atoms with E-state index in [0.717, 1.165) is 18.0 Å². The number of urea groups is 1. The normalized spacial score (nSPS) is 11.2. The highest BCUT2D eigenvalue weighted by Gasteiger charge is 2.17. The van der Waals surface area contributed by atoms with Crippen LogP contribution in [0.4, 0.5) is 4.79 Å². The van der Waals surface area contributed by atoms with Gasteiger partial charge in [0, 0.05) is 18.0 Å². The van der Waals surface area contributed by atoms with Crippen LogP contribution in [0.2, 0.25) is 0 Å². The second-order valence-corrected chi connectivity index (χ2v) is 4.96. The van der Waals surface area contributed by atoms with Gasteiger partial charge in [-0.05, 0) is 18.0 Å². The highest BCUT2D eigenvalue weighted by Crippen LogP contribution is 2.21. The quantitative estimate of drug-likeness (QED) is 0.538. The molecule has 3 amide bonds. The van der Waals surface area contributed by atoms with Crippen LogP contribution < -0.4 is 21.7 Å². The summed E-state index contributed by atoms with van der Waals surface area (Å²) in [7, 11) is 0.